The second-order valence-corrected chi connectivity index (χ2v) is 2.35. The van der Waals surface area contributed by atoms with Gasteiger partial charge >= 0.3 is 5.92 Å². The summed E-state index contributed by atoms with van der Waals surface area (Å²) in [6.45, 7) is 0. The van der Waals surface area contributed by atoms with Crippen LogP contribution in [0, 0.1) is 0 Å². The summed E-state index contributed by atoms with van der Waals surface area (Å²) in [5, 5.41) is 0. The van der Waals surface area contributed by atoms with Crippen LogP contribution >= 0.6 is 0 Å². The van der Waals surface area contributed by atoms with E-state index in [0.29, 0.717) is 0 Å². The molecule has 1 aliphatic rings. The number of hydrogen-bond donors (Lipinski definition) is 0. The highest BCUT2D eigenvalue weighted by molar-refractivity contribution is 5.52. The summed E-state index contributed by atoms with van der Waals surface area (Å²) in [7, 11) is 0. The van der Waals surface area contributed by atoms with E-state index in [9.17, 15) is 30.7 Å². The minimum atomic E-state index is -4.80. The summed E-state index contributed by atoms with van der Waals surface area (Å²) in [5.74, 6) is -14.9. The zero-order valence-corrected chi connectivity index (χ0v) is 6.22. The second kappa shape index (κ2) is 3.14. The van der Waals surface area contributed by atoms with Crippen LogP contribution in [0.15, 0.2) is 35.2 Å². The van der Waals surface area contributed by atoms with Crippen molar-refractivity contribution < 1.29 is 30.7 Å². The molecular formula is C7HF7. The predicted octanol–water partition coefficient (Wildman–Crippen LogP) is 3.79. The Morgan fingerprint density at radius 1 is 1.07 bits per heavy atom. The van der Waals surface area contributed by atoms with Crippen molar-refractivity contribution in [3.63, 3.8) is 0 Å². The quantitative estimate of drug-likeness (QED) is 0.587. The molecule has 0 saturated carbocycles. The summed E-state index contributed by atoms with van der Waals surface area (Å²) in [4.78, 5) is 0. The molecule has 0 radical (unpaired) electrons. The van der Waals surface area contributed by atoms with Gasteiger partial charge in [0.25, 0.3) is 0 Å². The first-order valence-corrected chi connectivity index (χ1v) is 3.14. The molecule has 0 amide bonds. The monoisotopic (exact) mass is 218 g/mol. The van der Waals surface area contributed by atoms with E-state index >= 15 is 0 Å². The van der Waals surface area contributed by atoms with Crippen LogP contribution in [0.2, 0.25) is 0 Å². The normalized spacial score (nSPS) is 22.4. The molecule has 7 heteroatoms. The van der Waals surface area contributed by atoms with Gasteiger partial charge in [0.1, 0.15) is 11.9 Å². The maximum Gasteiger partial charge on any atom is 0.332 e. The zero-order chi connectivity index (χ0) is 11.1. The second-order valence-electron chi connectivity index (χ2n) is 2.35. The smallest absolute Gasteiger partial charge is 0.212 e. The third kappa shape index (κ3) is 1.23. The fourth-order valence-electron chi connectivity index (χ4n) is 0.901. The zero-order valence-electron chi connectivity index (χ0n) is 6.22. The van der Waals surface area contributed by atoms with E-state index in [-0.39, 0.29) is 0 Å². The number of rotatable bonds is 1. The predicted molar refractivity (Wildman–Crippen MR) is 32.6 cm³/mol. The van der Waals surface area contributed by atoms with Crippen molar-refractivity contribution in [2.45, 2.75) is 5.92 Å². The Morgan fingerprint density at radius 2 is 1.57 bits per heavy atom. The summed E-state index contributed by atoms with van der Waals surface area (Å²) in [6, 6.07) is 0. The van der Waals surface area contributed by atoms with E-state index in [1.807, 2.05) is 0 Å². The van der Waals surface area contributed by atoms with Crippen molar-refractivity contribution in [1.29, 1.82) is 0 Å². The number of alkyl halides is 2. The first-order chi connectivity index (χ1) is 6.34. The van der Waals surface area contributed by atoms with Gasteiger partial charge in [-0.05, 0) is 0 Å². The molecular weight excluding hydrogens is 217 g/mol. The van der Waals surface area contributed by atoms with Crippen molar-refractivity contribution in [3.8, 4) is 0 Å². The van der Waals surface area contributed by atoms with E-state index < -0.39 is 41.1 Å². The van der Waals surface area contributed by atoms with Crippen molar-refractivity contribution >= 4 is 0 Å². The molecule has 0 aromatic carbocycles. The molecule has 0 saturated heterocycles. The fourth-order valence-corrected chi connectivity index (χ4v) is 0.901. The third-order valence-electron chi connectivity index (χ3n) is 1.53. The minimum Gasteiger partial charge on any atom is -0.212 e. The lowest BCUT2D eigenvalue weighted by atomic mass is 10.1. The van der Waals surface area contributed by atoms with Crippen LogP contribution in [0.5, 0.6) is 0 Å². The molecule has 0 fully saturated rings. The molecule has 78 valence electrons. The van der Waals surface area contributed by atoms with E-state index in [2.05, 4.69) is 0 Å². The van der Waals surface area contributed by atoms with Crippen LogP contribution in [0.3, 0.4) is 0 Å². The molecule has 0 spiro atoms. The van der Waals surface area contributed by atoms with Gasteiger partial charge in [-0.15, -0.1) is 0 Å². The van der Waals surface area contributed by atoms with Gasteiger partial charge < -0.3 is 0 Å². The molecule has 0 bridgehead atoms. The van der Waals surface area contributed by atoms with Gasteiger partial charge in [0, 0.05) is 0 Å². The summed E-state index contributed by atoms with van der Waals surface area (Å²) in [5.41, 5.74) is -2.27. The average molecular weight is 218 g/mol. The Morgan fingerprint density at radius 3 is 1.86 bits per heavy atom. The highest BCUT2D eigenvalue weighted by Crippen LogP contribution is 2.49. The Balaban J connectivity index is 3.37. The molecule has 0 aromatic rings. The molecule has 0 nitrogen and oxygen atoms in total. The molecule has 14 heavy (non-hydrogen) atoms. The number of allylic oxidation sites excluding steroid dienone is 5. The lowest BCUT2D eigenvalue weighted by molar-refractivity contribution is 0.0582. The molecule has 1 rings (SSSR count). The van der Waals surface area contributed by atoms with Crippen molar-refractivity contribution in [3.05, 3.63) is 35.2 Å². The van der Waals surface area contributed by atoms with E-state index in [4.69, 9.17) is 0 Å². The van der Waals surface area contributed by atoms with Crippen molar-refractivity contribution in [2.75, 3.05) is 0 Å². The summed E-state index contributed by atoms with van der Waals surface area (Å²) < 4.78 is 85.7. The number of halogens is 7. The van der Waals surface area contributed by atoms with Gasteiger partial charge in [-0.3, -0.25) is 0 Å². The van der Waals surface area contributed by atoms with Crippen LogP contribution in [0.1, 0.15) is 0 Å². The Kier molecular flexibility index (Phi) is 2.43. The van der Waals surface area contributed by atoms with Crippen LogP contribution in [-0.4, -0.2) is 5.92 Å². The molecule has 0 aliphatic heterocycles. The summed E-state index contributed by atoms with van der Waals surface area (Å²) in [6.07, 6.45) is -1.01. The molecule has 0 atom stereocenters. The van der Waals surface area contributed by atoms with Crippen molar-refractivity contribution in [2.24, 2.45) is 0 Å². The van der Waals surface area contributed by atoms with E-state index in [1.54, 1.807) is 0 Å². The van der Waals surface area contributed by atoms with Gasteiger partial charge in [0.2, 0.25) is 5.83 Å². The van der Waals surface area contributed by atoms with Gasteiger partial charge in [0.05, 0.1) is 0 Å². The first-order valence-electron chi connectivity index (χ1n) is 3.14. The van der Waals surface area contributed by atoms with Crippen LogP contribution in [-0.2, 0) is 0 Å². The Labute approximate surface area is 73.0 Å². The van der Waals surface area contributed by atoms with E-state index in [1.165, 1.54) is 0 Å². The molecule has 0 N–H and O–H groups in total. The van der Waals surface area contributed by atoms with Gasteiger partial charge in [-0.1, -0.05) is 0 Å². The molecule has 0 heterocycles. The Bertz CT molecular complexity index is 360. The lowest BCUT2D eigenvalue weighted by Gasteiger charge is -2.10. The van der Waals surface area contributed by atoms with Gasteiger partial charge in [0.15, 0.2) is 17.5 Å². The van der Waals surface area contributed by atoms with Crippen molar-refractivity contribution in [1.82, 2.24) is 0 Å². The van der Waals surface area contributed by atoms with Gasteiger partial charge in [-0.2, -0.15) is 8.78 Å². The largest absolute Gasteiger partial charge is 0.332 e. The lowest BCUT2D eigenvalue weighted by Crippen LogP contribution is -2.18. The average Bonchev–Trinajstić information content (AvgIpc) is 2.27. The van der Waals surface area contributed by atoms with Crippen LogP contribution < -0.4 is 0 Å². The SMILES string of the molecule is FC=C(F)C1=C(F)C(F)=C(F)C1(F)F. The van der Waals surface area contributed by atoms with E-state index in [0.717, 1.165) is 0 Å². The maximum absolute atomic E-state index is 12.5. The molecule has 1 aliphatic carbocycles. The third-order valence-corrected chi connectivity index (χ3v) is 1.53. The highest BCUT2D eigenvalue weighted by atomic mass is 19.3. The number of hydrogen-bond acceptors (Lipinski definition) is 0. The highest BCUT2D eigenvalue weighted by Gasteiger charge is 2.53. The Hall–Kier alpha value is -1.27. The molecule has 0 unspecified atom stereocenters. The maximum atomic E-state index is 12.5. The fraction of sp³-hybridized carbons (Fsp3) is 0.143. The topological polar surface area (TPSA) is 0 Å². The summed E-state index contributed by atoms with van der Waals surface area (Å²) >= 11 is 0. The van der Waals surface area contributed by atoms with Gasteiger partial charge in [-0.25, -0.2) is 22.0 Å². The molecule has 0 aromatic heterocycles. The van der Waals surface area contributed by atoms with Crippen LogP contribution in [0.4, 0.5) is 30.7 Å². The minimum absolute atomic E-state index is 1.01. The standard InChI is InChI=1S/C7HF7/c8-1-2(9)3-4(10)5(11)6(12)7(3,13)14/h1H. The van der Waals surface area contributed by atoms with Crippen LogP contribution in [0.25, 0.3) is 0 Å². The first kappa shape index (κ1) is 10.8.